The van der Waals surface area contributed by atoms with Crippen molar-refractivity contribution in [1.29, 1.82) is 0 Å². The zero-order chi connectivity index (χ0) is 23.3. The van der Waals surface area contributed by atoms with Crippen LogP contribution in [0.25, 0.3) is 10.2 Å². The second-order valence-electron chi connectivity index (χ2n) is 8.34. The quantitative estimate of drug-likeness (QED) is 0.435. The van der Waals surface area contributed by atoms with Crippen molar-refractivity contribution >= 4 is 42.4 Å². The first-order valence-corrected chi connectivity index (χ1v) is 13.2. The normalized spacial score (nSPS) is 11.9. The predicted octanol–water partition coefficient (Wildman–Crippen LogP) is 4.45. The minimum Gasteiger partial charge on any atom is -0.309 e. The maximum Gasteiger partial charge on any atom is 0.228 e. The first kappa shape index (κ1) is 24.4. The van der Waals surface area contributed by atoms with E-state index >= 15 is 0 Å². The molecule has 1 aromatic heterocycles. The standard InChI is InChI=1S/C24H31N3O3S2/c1-18-16-21-22(17-19(18)2)31-24(25-21)27(14-9-13-26(3)4)23(28)12-8-15-32(29,30)20-10-6-5-7-11-20/h5-7,10-11,16-17H,8-9,12-15H2,1-4H3. The van der Waals surface area contributed by atoms with E-state index in [1.165, 1.54) is 22.5 Å². The van der Waals surface area contributed by atoms with E-state index in [0.717, 1.165) is 23.2 Å². The van der Waals surface area contributed by atoms with Crippen molar-refractivity contribution in [2.45, 2.75) is 38.0 Å². The van der Waals surface area contributed by atoms with Crippen molar-refractivity contribution in [2.75, 3.05) is 37.8 Å². The number of sulfone groups is 1. The molecule has 32 heavy (non-hydrogen) atoms. The summed E-state index contributed by atoms with van der Waals surface area (Å²) in [6.45, 7) is 5.54. The molecule has 0 aliphatic heterocycles. The number of thiazole rings is 1. The molecular weight excluding hydrogens is 442 g/mol. The summed E-state index contributed by atoms with van der Waals surface area (Å²) in [5.74, 6) is -0.133. The molecule has 6 nitrogen and oxygen atoms in total. The molecule has 1 amide bonds. The Morgan fingerprint density at radius 3 is 2.38 bits per heavy atom. The minimum atomic E-state index is -3.39. The van der Waals surface area contributed by atoms with Gasteiger partial charge in [0.05, 0.1) is 20.9 Å². The van der Waals surface area contributed by atoms with Crippen LogP contribution in [0.1, 0.15) is 30.4 Å². The molecule has 0 saturated heterocycles. The SMILES string of the molecule is Cc1cc2nc(N(CCCN(C)C)C(=O)CCCS(=O)(=O)c3ccccc3)sc2cc1C. The lowest BCUT2D eigenvalue weighted by molar-refractivity contribution is -0.118. The lowest BCUT2D eigenvalue weighted by Gasteiger charge is -2.21. The molecule has 0 spiro atoms. The van der Waals surface area contributed by atoms with Gasteiger partial charge in [0.1, 0.15) is 0 Å². The van der Waals surface area contributed by atoms with Crippen molar-refractivity contribution in [3.63, 3.8) is 0 Å². The number of anilines is 1. The Kier molecular flexibility index (Phi) is 8.03. The van der Waals surface area contributed by atoms with E-state index < -0.39 is 9.84 Å². The van der Waals surface area contributed by atoms with Gasteiger partial charge in [0.15, 0.2) is 15.0 Å². The third-order valence-electron chi connectivity index (χ3n) is 5.42. The highest BCUT2D eigenvalue weighted by atomic mass is 32.2. The topological polar surface area (TPSA) is 70.6 Å². The van der Waals surface area contributed by atoms with Crippen molar-refractivity contribution < 1.29 is 13.2 Å². The first-order valence-electron chi connectivity index (χ1n) is 10.8. The average molecular weight is 474 g/mol. The first-order chi connectivity index (χ1) is 15.2. The van der Waals surface area contributed by atoms with E-state index in [4.69, 9.17) is 4.98 Å². The molecule has 1 heterocycles. The highest BCUT2D eigenvalue weighted by Gasteiger charge is 2.21. The third kappa shape index (κ3) is 6.15. The number of hydrogen-bond donors (Lipinski definition) is 0. The van der Waals surface area contributed by atoms with Crippen LogP contribution in [0.4, 0.5) is 5.13 Å². The van der Waals surface area contributed by atoms with Crippen LogP contribution in [-0.2, 0) is 14.6 Å². The Labute approximate surface area is 194 Å². The lowest BCUT2D eigenvalue weighted by Crippen LogP contribution is -2.33. The van der Waals surface area contributed by atoms with Gasteiger partial charge in [-0.1, -0.05) is 29.5 Å². The number of hydrogen-bond acceptors (Lipinski definition) is 6. The number of fused-ring (bicyclic) bond motifs is 1. The highest BCUT2D eigenvalue weighted by molar-refractivity contribution is 7.91. The number of aromatic nitrogens is 1. The number of benzene rings is 2. The third-order valence-corrected chi connectivity index (χ3v) is 8.28. The molecule has 0 aliphatic carbocycles. The molecule has 172 valence electrons. The van der Waals surface area contributed by atoms with Crippen molar-refractivity contribution in [2.24, 2.45) is 0 Å². The summed E-state index contributed by atoms with van der Waals surface area (Å²) in [5, 5.41) is 0.680. The molecule has 3 aromatic rings. The van der Waals surface area contributed by atoms with E-state index in [1.807, 2.05) is 14.1 Å². The molecule has 0 atom stereocenters. The van der Waals surface area contributed by atoms with Crippen LogP contribution in [0, 0.1) is 13.8 Å². The van der Waals surface area contributed by atoms with Crippen LogP contribution in [0.3, 0.4) is 0 Å². The Morgan fingerprint density at radius 1 is 1.00 bits per heavy atom. The number of rotatable bonds is 10. The molecule has 0 aliphatic rings. The summed E-state index contributed by atoms with van der Waals surface area (Å²) in [6, 6.07) is 12.6. The zero-order valence-corrected chi connectivity index (χ0v) is 20.8. The van der Waals surface area contributed by atoms with Crippen LogP contribution in [0.5, 0.6) is 0 Å². The molecule has 0 N–H and O–H groups in total. The molecule has 0 radical (unpaired) electrons. The Morgan fingerprint density at radius 2 is 1.69 bits per heavy atom. The van der Waals surface area contributed by atoms with Gasteiger partial charge in [-0.15, -0.1) is 0 Å². The maximum absolute atomic E-state index is 13.1. The van der Waals surface area contributed by atoms with Gasteiger partial charge in [0, 0.05) is 13.0 Å². The van der Waals surface area contributed by atoms with E-state index in [2.05, 4.69) is 30.9 Å². The Balaban J connectivity index is 1.74. The Bertz CT molecular complexity index is 1130. The summed E-state index contributed by atoms with van der Waals surface area (Å²) in [7, 11) is 0.613. The molecule has 3 rings (SSSR count). The fourth-order valence-corrected chi connectivity index (χ4v) is 5.87. The largest absolute Gasteiger partial charge is 0.309 e. The lowest BCUT2D eigenvalue weighted by atomic mass is 10.1. The summed E-state index contributed by atoms with van der Waals surface area (Å²) >= 11 is 1.51. The van der Waals surface area contributed by atoms with Gasteiger partial charge < -0.3 is 4.90 Å². The van der Waals surface area contributed by atoms with Crippen molar-refractivity contribution in [1.82, 2.24) is 9.88 Å². The van der Waals surface area contributed by atoms with E-state index in [-0.39, 0.29) is 24.5 Å². The van der Waals surface area contributed by atoms with Gasteiger partial charge in [-0.25, -0.2) is 13.4 Å². The van der Waals surface area contributed by atoms with Gasteiger partial charge in [-0.2, -0.15) is 0 Å². The van der Waals surface area contributed by atoms with Crippen LogP contribution in [-0.4, -0.2) is 57.1 Å². The summed E-state index contributed by atoms with van der Waals surface area (Å²) < 4.78 is 26.1. The second kappa shape index (κ2) is 10.6. The molecule has 0 unspecified atom stereocenters. The predicted molar refractivity (Wildman–Crippen MR) is 132 cm³/mol. The van der Waals surface area contributed by atoms with Gasteiger partial charge in [0.25, 0.3) is 0 Å². The van der Waals surface area contributed by atoms with Crippen LogP contribution in [0.15, 0.2) is 47.4 Å². The van der Waals surface area contributed by atoms with Crippen LogP contribution in [0.2, 0.25) is 0 Å². The maximum atomic E-state index is 13.1. The van der Waals surface area contributed by atoms with Crippen molar-refractivity contribution in [3.8, 4) is 0 Å². The highest BCUT2D eigenvalue weighted by Crippen LogP contribution is 2.31. The number of carbonyl (C=O) groups excluding carboxylic acids is 1. The molecule has 0 fully saturated rings. The van der Waals surface area contributed by atoms with E-state index in [9.17, 15) is 13.2 Å². The number of nitrogens with zero attached hydrogens (tertiary/aromatic N) is 3. The number of aryl methyl sites for hydroxylation is 2. The second-order valence-corrected chi connectivity index (χ2v) is 11.5. The molecule has 0 bridgehead atoms. The minimum absolute atomic E-state index is 0.0491. The zero-order valence-electron chi connectivity index (χ0n) is 19.2. The molecule has 8 heteroatoms. The summed E-state index contributed by atoms with van der Waals surface area (Å²) in [4.78, 5) is 22.0. The van der Waals surface area contributed by atoms with Gasteiger partial charge in [-0.05, 0) is 82.7 Å². The Hall–Kier alpha value is -2.29. The number of carbonyl (C=O) groups is 1. The molecule has 2 aromatic carbocycles. The van der Waals surface area contributed by atoms with E-state index in [0.29, 0.717) is 16.6 Å². The van der Waals surface area contributed by atoms with Gasteiger partial charge in [0.2, 0.25) is 5.91 Å². The van der Waals surface area contributed by atoms with E-state index in [1.54, 1.807) is 35.2 Å². The average Bonchev–Trinajstić information content (AvgIpc) is 3.13. The van der Waals surface area contributed by atoms with Crippen LogP contribution >= 0.6 is 11.3 Å². The molecule has 0 saturated carbocycles. The number of amides is 1. The smallest absolute Gasteiger partial charge is 0.228 e. The fraction of sp³-hybridized carbons (Fsp3) is 0.417. The fourth-order valence-electron chi connectivity index (χ4n) is 3.45. The molecular formula is C24H31N3O3S2. The summed E-state index contributed by atoms with van der Waals surface area (Å²) in [5.41, 5.74) is 3.26. The van der Waals surface area contributed by atoms with Gasteiger partial charge >= 0.3 is 0 Å². The monoisotopic (exact) mass is 473 g/mol. The van der Waals surface area contributed by atoms with Gasteiger partial charge in [-0.3, -0.25) is 9.69 Å². The summed E-state index contributed by atoms with van der Waals surface area (Å²) in [6.07, 6.45) is 1.26. The van der Waals surface area contributed by atoms with Crippen molar-refractivity contribution in [3.05, 3.63) is 53.6 Å². The van der Waals surface area contributed by atoms with Crippen LogP contribution < -0.4 is 4.90 Å².